The first-order valence-corrected chi connectivity index (χ1v) is 9.04. The summed E-state index contributed by atoms with van der Waals surface area (Å²) in [4.78, 5) is 4.15. The number of hydrogen-bond acceptors (Lipinski definition) is 4. The van der Waals surface area contributed by atoms with Gasteiger partial charge in [0.15, 0.2) is 0 Å². The van der Waals surface area contributed by atoms with Crippen LogP contribution in [0.25, 0.3) is 0 Å². The first-order valence-electron chi connectivity index (χ1n) is 8.66. The van der Waals surface area contributed by atoms with Crippen molar-refractivity contribution in [3.05, 3.63) is 59.3 Å². The average molecular weight is 370 g/mol. The van der Waals surface area contributed by atoms with Gasteiger partial charge in [-0.05, 0) is 41.8 Å². The van der Waals surface area contributed by atoms with E-state index in [1.165, 1.54) is 0 Å². The Morgan fingerprint density at radius 2 is 1.96 bits per heavy atom. The maximum absolute atomic E-state index is 6.39. The zero-order valence-corrected chi connectivity index (χ0v) is 16.1. The molecule has 0 unspecified atom stereocenters. The Labute approximate surface area is 159 Å². The molecular formula is C21H24ClN3O. The molecule has 0 amide bonds. The van der Waals surface area contributed by atoms with E-state index >= 15 is 0 Å². The van der Waals surface area contributed by atoms with Crippen molar-refractivity contribution in [2.75, 3.05) is 23.7 Å². The molecule has 0 fully saturated rings. The van der Waals surface area contributed by atoms with Crippen molar-refractivity contribution in [3.8, 4) is 11.5 Å². The lowest BCUT2D eigenvalue weighted by molar-refractivity contribution is 0.442. The Morgan fingerprint density at radius 3 is 2.65 bits per heavy atom. The van der Waals surface area contributed by atoms with Gasteiger partial charge in [0.05, 0.1) is 11.6 Å². The number of rotatable bonds is 6. The molecule has 136 valence electrons. The second-order valence-electron chi connectivity index (χ2n) is 7.50. The molecule has 0 aromatic heterocycles. The van der Waals surface area contributed by atoms with Gasteiger partial charge in [-0.2, -0.15) is 0 Å². The quantitative estimate of drug-likeness (QED) is 0.659. The van der Waals surface area contributed by atoms with E-state index in [1.54, 1.807) is 6.21 Å². The second kappa shape index (κ2) is 7.83. The van der Waals surface area contributed by atoms with Crippen molar-refractivity contribution in [1.82, 2.24) is 0 Å². The van der Waals surface area contributed by atoms with E-state index in [4.69, 9.17) is 16.3 Å². The number of nitrogens with one attached hydrogen (secondary N) is 2. The zero-order chi connectivity index (χ0) is 18.6. The Hall–Kier alpha value is -2.46. The number of nitrogens with zero attached hydrogens (tertiary/aromatic N) is 1. The largest absolute Gasteiger partial charge is 0.456 e. The number of ether oxygens (including phenoxy) is 1. The molecule has 1 aliphatic heterocycles. The summed E-state index contributed by atoms with van der Waals surface area (Å²) in [5.74, 6) is 1.38. The number of hydrogen-bond donors (Lipinski definition) is 2. The minimum absolute atomic E-state index is 0.211. The highest BCUT2D eigenvalue weighted by Gasteiger charge is 2.10. The lowest BCUT2D eigenvalue weighted by atomic mass is 9.97. The second-order valence-corrected chi connectivity index (χ2v) is 7.90. The van der Waals surface area contributed by atoms with Crippen LogP contribution in [-0.4, -0.2) is 19.3 Å². The highest BCUT2D eigenvalue weighted by molar-refractivity contribution is 6.32. The fraction of sp³-hybridized carbons (Fsp3) is 0.286. The molecule has 0 bridgehead atoms. The molecule has 2 aromatic carbocycles. The normalized spacial score (nSPS) is 13.5. The molecule has 0 saturated carbocycles. The van der Waals surface area contributed by atoms with Crippen LogP contribution in [0.15, 0.2) is 59.2 Å². The Kier molecular flexibility index (Phi) is 5.52. The SMILES string of the molecule is CC(C)(C)CNc1cccc(Oc2ccc(NC3=CC=NC3)cc2Cl)c1. The maximum atomic E-state index is 6.39. The van der Waals surface area contributed by atoms with Gasteiger partial charge >= 0.3 is 0 Å². The van der Waals surface area contributed by atoms with E-state index in [0.717, 1.165) is 29.4 Å². The van der Waals surface area contributed by atoms with E-state index in [0.29, 0.717) is 17.3 Å². The van der Waals surface area contributed by atoms with Crippen LogP contribution < -0.4 is 15.4 Å². The van der Waals surface area contributed by atoms with Crippen LogP contribution in [0.2, 0.25) is 5.02 Å². The van der Waals surface area contributed by atoms with Gasteiger partial charge < -0.3 is 15.4 Å². The van der Waals surface area contributed by atoms with Crippen molar-refractivity contribution in [2.45, 2.75) is 20.8 Å². The summed E-state index contributed by atoms with van der Waals surface area (Å²) < 4.78 is 5.97. The van der Waals surface area contributed by atoms with Crippen LogP contribution in [-0.2, 0) is 0 Å². The predicted octanol–water partition coefficient (Wildman–Crippen LogP) is 5.97. The van der Waals surface area contributed by atoms with Crippen LogP contribution in [0.4, 0.5) is 11.4 Å². The third-order valence-corrected chi connectivity index (χ3v) is 4.06. The van der Waals surface area contributed by atoms with E-state index < -0.39 is 0 Å². The first kappa shape index (κ1) is 18.3. The van der Waals surface area contributed by atoms with Gasteiger partial charge in [0, 0.05) is 35.9 Å². The third kappa shape index (κ3) is 5.27. The van der Waals surface area contributed by atoms with Crippen LogP contribution in [0, 0.1) is 5.41 Å². The topological polar surface area (TPSA) is 45.6 Å². The fourth-order valence-corrected chi connectivity index (χ4v) is 2.66. The summed E-state index contributed by atoms with van der Waals surface area (Å²) in [5, 5.41) is 7.29. The molecule has 26 heavy (non-hydrogen) atoms. The smallest absolute Gasteiger partial charge is 0.146 e. The molecule has 1 aliphatic rings. The van der Waals surface area contributed by atoms with Gasteiger partial charge in [-0.3, -0.25) is 4.99 Å². The third-order valence-electron chi connectivity index (χ3n) is 3.76. The van der Waals surface area contributed by atoms with Gasteiger partial charge in [0.2, 0.25) is 0 Å². The van der Waals surface area contributed by atoms with Crippen molar-refractivity contribution in [1.29, 1.82) is 0 Å². The Balaban J connectivity index is 1.66. The highest BCUT2D eigenvalue weighted by atomic mass is 35.5. The monoisotopic (exact) mass is 369 g/mol. The molecule has 2 N–H and O–H groups in total. The molecule has 0 aliphatic carbocycles. The number of aliphatic imine (C=N–C) groups is 1. The summed E-state index contributed by atoms with van der Waals surface area (Å²) in [6.45, 7) is 8.15. The number of benzene rings is 2. The van der Waals surface area contributed by atoms with E-state index in [9.17, 15) is 0 Å². The van der Waals surface area contributed by atoms with Crippen molar-refractivity contribution in [2.24, 2.45) is 10.4 Å². The van der Waals surface area contributed by atoms with Crippen molar-refractivity contribution < 1.29 is 4.74 Å². The molecule has 0 atom stereocenters. The Morgan fingerprint density at radius 1 is 1.12 bits per heavy atom. The van der Waals surface area contributed by atoms with Crippen molar-refractivity contribution >= 4 is 29.2 Å². The molecule has 1 heterocycles. The van der Waals surface area contributed by atoms with E-state index in [2.05, 4.69) is 36.4 Å². The molecule has 0 radical (unpaired) electrons. The lowest BCUT2D eigenvalue weighted by Crippen LogP contribution is -2.18. The molecule has 0 spiro atoms. The van der Waals surface area contributed by atoms with Gasteiger partial charge in [0.1, 0.15) is 11.5 Å². The van der Waals surface area contributed by atoms with Crippen LogP contribution in [0.5, 0.6) is 11.5 Å². The van der Waals surface area contributed by atoms with Crippen molar-refractivity contribution in [3.63, 3.8) is 0 Å². The number of halogens is 1. The molecule has 4 nitrogen and oxygen atoms in total. The summed E-state index contributed by atoms with van der Waals surface area (Å²) in [5.41, 5.74) is 3.20. The fourth-order valence-electron chi connectivity index (χ4n) is 2.44. The minimum atomic E-state index is 0.211. The van der Waals surface area contributed by atoms with Gasteiger partial charge in [-0.15, -0.1) is 0 Å². The van der Waals surface area contributed by atoms with Gasteiger partial charge in [-0.25, -0.2) is 0 Å². The Bertz CT molecular complexity index is 837. The van der Waals surface area contributed by atoms with Gasteiger partial charge in [0.25, 0.3) is 0 Å². The first-order chi connectivity index (χ1) is 12.4. The molecule has 5 heteroatoms. The number of anilines is 2. The van der Waals surface area contributed by atoms with Crippen LogP contribution in [0.3, 0.4) is 0 Å². The molecule has 0 saturated heterocycles. The minimum Gasteiger partial charge on any atom is -0.456 e. The summed E-state index contributed by atoms with van der Waals surface area (Å²) in [6.07, 6.45) is 3.75. The summed E-state index contributed by atoms with van der Waals surface area (Å²) in [6, 6.07) is 13.6. The molecular weight excluding hydrogens is 346 g/mol. The predicted molar refractivity (Wildman–Crippen MR) is 111 cm³/mol. The lowest BCUT2D eigenvalue weighted by Gasteiger charge is -2.20. The van der Waals surface area contributed by atoms with Crippen LogP contribution >= 0.6 is 11.6 Å². The van der Waals surface area contributed by atoms with E-state index in [1.807, 2.05) is 48.5 Å². The van der Waals surface area contributed by atoms with E-state index in [-0.39, 0.29) is 5.41 Å². The highest BCUT2D eigenvalue weighted by Crippen LogP contribution is 2.33. The summed E-state index contributed by atoms with van der Waals surface area (Å²) >= 11 is 6.39. The van der Waals surface area contributed by atoms with Gasteiger partial charge in [-0.1, -0.05) is 38.4 Å². The standard InChI is InChI=1S/C21H24ClN3O/c1-21(2,3)14-24-15-5-4-6-18(11-15)26-20-8-7-16(12-19(20)22)25-17-9-10-23-13-17/h4-12,24-25H,13-14H2,1-3H3. The number of allylic oxidation sites excluding steroid dienone is 1. The van der Waals surface area contributed by atoms with Crippen LogP contribution in [0.1, 0.15) is 20.8 Å². The zero-order valence-electron chi connectivity index (χ0n) is 15.3. The molecule has 2 aromatic rings. The molecule has 3 rings (SSSR count). The summed E-state index contributed by atoms with van der Waals surface area (Å²) in [7, 11) is 0. The maximum Gasteiger partial charge on any atom is 0.146 e. The average Bonchev–Trinajstić information content (AvgIpc) is 3.08.